The molecule has 42 heavy (non-hydrogen) atoms. The van der Waals surface area contributed by atoms with Gasteiger partial charge in [0.25, 0.3) is 0 Å². The molecule has 1 aliphatic carbocycles. The zero-order valence-corrected chi connectivity index (χ0v) is 26.7. The predicted octanol–water partition coefficient (Wildman–Crippen LogP) is 6.65. The van der Waals surface area contributed by atoms with Gasteiger partial charge >= 0.3 is 0 Å². The monoisotopic (exact) mass is 580 g/mol. The van der Waals surface area contributed by atoms with Crippen LogP contribution < -0.4 is 10.7 Å². The highest BCUT2D eigenvalue weighted by atomic mass is 16.6. The van der Waals surface area contributed by atoms with Crippen molar-refractivity contribution >= 4 is 23.3 Å². The van der Waals surface area contributed by atoms with E-state index in [1.165, 1.54) is 0 Å². The zero-order chi connectivity index (χ0) is 30.5. The standard InChI is InChI=1S/C33H52N6O3/c1-8-26(21-41-25(6)23(3)4)24(5)15-13-20-31(40)35-30-19-14-18-28(34-30)22-42-38-32(27-16-11-10-12-17-27)33-36-29(9-2)37-39(33)7/h11,14,16-19,23-26,29,37H,8-10,12-13,15,20-22H2,1-7H3,(H,34,35,40)/b38-32-. The Hall–Kier alpha value is -3.04. The van der Waals surface area contributed by atoms with Crippen LogP contribution in [0.2, 0.25) is 0 Å². The Labute approximate surface area is 252 Å². The summed E-state index contributed by atoms with van der Waals surface area (Å²) in [5.41, 5.74) is 5.71. The largest absolute Gasteiger partial charge is 0.389 e. The molecule has 0 saturated carbocycles. The van der Waals surface area contributed by atoms with Crippen molar-refractivity contribution in [2.24, 2.45) is 27.9 Å². The quantitative estimate of drug-likeness (QED) is 0.158. The lowest BCUT2D eigenvalue weighted by Crippen LogP contribution is -2.40. The number of nitrogens with zero attached hydrogens (tertiary/aromatic N) is 4. The number of hydrogen-bond acceptors (Lipinski definition) is 8. The fourth-order valence-corrected chi connectivity index (χ4v) is 4.93. The highest BCUT2D eigenvalue weighted by Gasteiger charge is 2.27. The molecule has 1 aromatic rings. The Bertz CT molecular complexity index is 1130. The van der Waals surface area contributed by atoms with Gasteiger partial charge in [-0.2, -0.15) is 0 Å². The third kappa shape index (κ3) is 10.3. The smallest absolute Gasteiger partial charge is 0.225 e. The number of allylic oxidation sites excluding steroid dienone is 3. The molecular formula is C33H52N6O3. The summed E-state index contributed by atoms with van der Waals surface area (Å²) in [5.74, 6) is 2.78. The number of nitrogens with one attached hydrogen (secondary N) is 2. The Morgan fingerprint density at radius 3 is 2.69 bits per heavy atom. The van der Waals surface area contributed by atoms with Crippen molar-refractivity contribution in [2.45, 2.75) is 105 Å². The van der Waals surface area contributed by atoms with E-state index in [0.29, 0.717) is 41.4 Å². The van der Waals surface area contributed by atoms with E-state index in [1.807, 2.05) is 24.2 Å². The Morgan fingerprint density at radius 2 is 2.02 bits per heavy atom. The molecule has 2 aliphatic rings. The van der Waals surface area contributed by atoms with E-state index in [0.717, 1.165) is 56.5 Å². The van der Waals surface area contributed by atoms with Crippen molar-refractivity contribution in [3.63, 3.8) is 0 Å². The summed E-state index contributed by atoms with van der Waals surface area (Å²) < 4.78 is 6.08. The summed E-state index contributed by atoms with van der Waals surface area (Å²) in [5, 5.41) is 9.34. The number of hydrazine groups is 1. The van der Waals surface area contributed by atoms with Crippen LogP contribution in [0.15, 0.2) is 52.1 Å². The molecule has 9 heteroatoms. The molecule has 2 heterocycles. The highest BCUT2D eigenvalue weighted by molar-refractivity contribution is 6.48. The third-order valence-corrected chi connectivity index (χ3v) is 8.15. The number of carbonyl (C=O) groups excluding carboxylic acids is 1. The minimum absolute atomic E-state index is 0.0224. The Morgan fingerprint density at radius 1 is 1.21 bits per heavy atom. The second-order valence-electron chi connectivity index (χ2n) is 11.8. The molecule has 2 N–H and O–H groups in total. The molecule has 4 unspecified atom stereocenters. The first kappa shape index (κ1) is 33.5. The van der Waals surface area contributed by atoms with Crippen molar-refractivity contribution in [1.82, 2.24) is 15.4 Å². The van der Waals surface area contributed by atoms with E-state index in [4.69, 9.17) is 14.6 Å². The first-order chi connectivity index (χ1) is 20.2. The lowest BCUT2D eigenvalue weighted by molar-refractivity contribution is -0.116. The van der Waals surface area contributed by atoms with Gasteiger partial charge in [-0.15, -0.1) is 0 Å². The van der Waals surface area contributed by atoms with E-state index >= 15 is 0 Å². The van der Waals surface area contributed by atoms with Crippen LogP contribution in [0.3, 0.4) is 0 Å². The SMILES string of the molecule is CCC1N=C(/C(=N\OCc2cccc(NC(=O)CCCC(C)C(CC)COC(C)C(C)C)n2)C2=CCCC=C2)N(C)N1. The fraction of sp³-hybridized carbons (Fsp3) is 0.636. The molecule has 232 valence electrons. The number of carbonyl (C=O) groups is 1. The fourth-order valence-electron chi connectivity index (χ4n) is 4.93. The van der Waals surface area contributed by atoms with Crippen LogP contribution in [0.1, 0.15) is 92.2 Å². The van der Waals surface area contributed by atoms with E-state index in [-0.39, 0.29) is 24.8 Å². The molecule has 4 atom stereocenters. The van der Waals surface area contributed by atoms with Crippen molar-refractivity contribution in [3.05, 3.63) is 47.7 Å². The predicted molar refractivity (Wildman–Crippen MR) is 171 cm³/mol. The van der Waals surface area contributed by atoms with Crippen LogP contribution >= 0.6 is 0 Å². The van der Waals surface area contributed by atoms with Gasteiger partial charge in [0.05, 0.1) is 11.8 Å². The van der Waals surface area contributed by atoms with Crippen LogP contribution in [-0.2, 0) is 21.0 Å². The van der Waals surface area contributed by atoms with E-state index in [2.05, 4.69) is 80.7 Å². The van der Waals surface area contributed by atoms with Crippen molar-refractivity contribution in [1.29, 1.82) is 0 Å². The van der Waals surface area contributed by atoms with Gasteiger partial charge in [0.1, 0.15) is 12.0 Å². The number of rotatable bonds is 17. The molecule has 0 spiro atoms. The number of aliphatic imine (C=N–C) groups is 1. The van der Waals surface area contributed by atoms with Gasteiger partial charge in [-0.25, -0.2) is 15.4 Å². The van der Waals surface area contributed by atoms with Gasteiger partial charge in [-0.1, -0.05) is 70.5 Å². The molecule has 1 aliphatic heterocycles. The van der Waals surface area contributed by atoms with Crippen LogP contribution in [0.25, 0.3) is 0 Å². The van der Waals surface area contributed by atoms with Crippen molar-refractivity contribution < 1.29 is 14.4 Å². The molecule has 9 nitrogen and oxygen atoms in total. The van der Waals surface area contributed by atoms with Crippen molar-refractivity contribution in [3.8, 4) is 0 Å². The number of aromatic nitrogens is 1. The number of anilines is 1. The maximum atomic E-state index is 12.7. The van der Waals surface area contributed by atoms with Gasteiger partial charge < -0.3 is 14.9 Å². The molecule has 0 aromatic carbocycles. The van der Waals surface area contributed by atoms with Gasteiger partial charge in [0.2, 0.25) is 5.91 Å². The Kier molecular flexibility index (Phi) is 13.7. The van der Waals surface area contributed by atoms with Crippen LogP contribution in [0.4, 0.5) is 5.82 Å². The third-order valence-electron chi connectivity index (χ3n) is 8.15. The molecule has 0 saturated heterocycles. The van der Waals surface area contributed by atoms with Gasteiger partial charge in [0, 0.05) is 25.6 Å². The molecule has 1 amide bonds. The van der Waals surface area contributed by atoms with E-state index in [9.17, 15) is 4.79 Å². The maximum absolute atomic E-state index is 12.7. The lowest BCUT2D eigenvalue weighted by atomic mass is 9.88. The van der Waals surface area contributed by atoms with Gasteiger partial charge in [-0.3, -0.25) is 9.80 Å². The molecule has 0 radical (unpaired) electrons. The van der Waals surface area contributed by atoms with Gasteiger partial charge in [-0.05, 0) is 68.9 Å². The number of pyridine rings is 1. The molecular weight excluding hydrogens is 528 g/mol. The summed E-state index contributed by atoms with van der Waals surface area (Å²) in [4.78, 5) is 27.8. The Balaban J connectivity index is 1.51. The molecule has 0 fully saturated rings. The zero-order valence-electron chi connectivity index (χ0n) is 26.7. The number of ether oxygens (including phenoxy) is 1. The minimum Gasteiger partial charge on any atom is -0.389 e. The first-order valence-electron chi connectivity index (χ1n) is 15.7. The van der Waals surface area contributed by atoms with Crippen LogP contribution in [-0.4, -0.2) is 53.4 Å². The normalized spacial score (nSPS) is 19.4. The lowest BCUT2D eigenvalue weighted by Gasteiger charge is -2.25. The van der Waals surface area contributed by atoms with Crippen LogP contribution in [0.5, 0.6) is 0 Å². The summed E-state index contributed by atoms with van der Waals surface area (Å²) in [6, 6.07) is 5.54. The van der Waals surface area contributed by atoms with E-state index in [1.54, 1.807) is 6.07 Å². The number of oxime groups is 1. The van der Waals surface area contributed by atoms with Crippen LogP contribution in [0, 0.1) is 17.8 Å². The second kappa shape index (κ2) is 17.2. The summed E-state index contributed by atoms with van der Waals surface area (Å²) in [7, 11) is 1.94. The summed E-state index contributed by atoms with van der Waals surface area (Å²) in [6.45, 7) is 14.1. The molecule has 1 aromatic heterocycles. The van der Waals surface area contributed by atoms with Gasteiger partial charge in [0.15, 0.2) is 18.2 Å². The van der Waals surface area contributed by atoms with E-state index < -0.39 is 0 Å². The second-order valence-corrected chi connectivity index (χ2v) is 11.8. The number of amidine groups is 1. The molecule has 0 bridgehead atoms. The highest BCUT2D eigenvalue weighted by Crippen LogP contribution is 2.23. The minimum atomic E-state index is -0.0258. The maximum Gasteiger partial charge on any atom is 0.225 e. The van der Waals surface area contributed by atoms with Crippen molar-refractivity contribution in [2.75, 3.05) is 19.0 Å². The average Bonchev–Trinajstić information content (AvgIpc) is 3.36. The number of amides is 1. The topological polar surface area (TPSA) is 100 Å². The number of hydrogen-bond donors (Lipinski definition) is 2. The average molecular weight is 581 g/mol. The summed E-state index contributed by atoms with van der Waals surface area (Å²) in [6.07, 6.45) is 12.9. The first-order valence-corrected chi connectivity index (χ1v) is 15.7. The molecule has 3 rings (SSSR count). The summed E-state index contributed by atoms with van der Waals surface area (Å²) >= 11 is 0.